The van der Waals surface area contributed by atoms with Gasteiger partial charge in [0.1, 0.15) is 17.2 Å². The van der Waals surface area contributed by atoms with E-state index >= 15 is 0 Å². The third-order valence-corrected chi connectivity index (χ3v) is 5.58. The minimum Gasteiger partial charge on any atom is -0.305 e. The number of halogens is 1. The Morgan fingerprint density at radius 3 is 2.89 bits per heavy atom. The predicted molar refractivity (Wildman–Crippen MR) is 99.5 cm³/mol. The van der Waals surface area contributed by atoms with Gasteiger partial charge in [-0.3, -0.25) is 19.5 Å². The van der Waals surface area contributed by atoms with Crippen LogP contribution in [0.25, 0.3) is 10.2 Å². The van der Waals surface area contributed by atoms with E-state index in [9.17, 15) is 18.8 Å². The van der Waals surface area contributed by atoms with E-state index in [-0.39, 0.29) is 17.8 Å². The third-order valence-electron chi connectivity index (χ3n) is 4.38. The van der Waals surface area contributed by atoms with Crippen molar-refractivity contribution >= 4 is 39.2 Å². The lowest BCUT2D eigenvalue weighted by Gasteiger charge is -2.08. The minimum absolute atomic E-state index is 0.0445. The van der Waals surface area contributed by atoms with Gasteiger partial charge in [-0.05, 0) is 37.0 Å². The van der Waals surface area contributed by atoms with Gasteiger partial charge in [0.15, 0.2) is 0 Å². The van der Waals surface area contributed by atoms with E-state index in [2.05, 4.69) is 15.6 Å². The fraction of sp³-hybridized carbons (Fsp3) is 0.222. The summed E-state index contributed by atoms with van der Waals surface area (Å²) in [6.45, 7) is -0.350. The lowest BCUT2D eigenvalue weighted by atomic mass is 10.2. The van der Waals surface area contributed by atoms with Gasteiger partial charge < -0.3 is 5.32 Å². The van der Waals surface area contributed by atoms with Gasteiger partial charge in [0, 0.05) is 4.88 Å². The van der Waals surface area contributed by atoms with Gasteiger partial charge in [-0.15, -0.1) is 11.3 Å². The molecule has 4 rings (SSSR count). The largest absolute Gasteiger partial charge is 0.326 e. The van der Waals surface area contributed by atoms with E-state index in [1.54, 1.807) is 6.07 Å². The van der Waals surface area contributed by atoms with Crippen LogP contribution in [0.3, 0.4) is 0 Å². The summed E-state index contributed by atoms with van der Waals surface area (Å²) in [5, 5.41) is 4.91. The number of carbonyl (C=O) groups excluding carboxylic acids is 2. The number of thiophene rings is 1. The number of amides is 3. The number of fused-ring (bicyclic) bond motifs is 3. The van der Waals surface area contributed by atoms with Crippen LogP contribution >= 0.6 is 11.3 Å². The molecule has 1 aliphatic carbocycles. The number of aryl methyl sites for hydroxylation is 2. The van der Waals surface area contributed by atoms with Gasteiger partial charge >= 0.3 is 6.03 Å². The first kappa shape index (κ1) is 17.3. The molecule has 1 aliphatic rings. The maximum absolute atomic E-state index is 13.5. The standard InChI is InChI=1S/C18H15FN4O3S/c19-11-5-1-2-6-12(11)21-18(26)22-14(24)8-23-9-20-16-15(17(23)25)10-4-3-7-13(10)27-16/h1-2,5-6,9H,3-4,7-8H2,(H2,21,22,24,26). The lowest BCUT2D eigenvalue weighted by Crippen LogP contribution is -2.38. The van der Waals surface area contributed by atoms with Crippen LogP contribution < -0.4 is 16.2 Å². The topological polar surface area (TPSA) is 93.1 Å². The minimum atomic E-state index is -0.872. The molecule has 0 fully saturated rings. The van der Waals surface area contributed by atoms with Crippen LogP contribution in [0.15, 0.2) is 35.4 Å². The maximum atomic E-state index is 13.5. The van der Waals surface area contributed by atoms with Gasteiger partial charge in [-0.2, -0.15) is 0 Å². The molecule has 1 aromatic carbocycles. The van der Waals surface area contributed by atoms with Crippen molar-refractivity contribution in [1.29, 1.82) is 0 Å². The Kier molecular flexibility index (Phi) is 4.44. The Hall–Kier alpha value is -3.07. The molecule has 0 radical (unpaired) electrons. The Bertz CT molecular complexity index is 1120. The van der Waals surface area contributed by atoms with Crippen LogP contribution in [0.2, 0.25) is 0 Å². The molecule has 3 aromatic rings. The van der Waals surface area contributed by atoms with Crippen molar-refractivity contribution in [2.45, 2.75) is 25.8 Å². The number of urea groups is 1. The van der Waals surface area contributed by atoms with Crippen molar-refractivity contribution in [1.82, 2.24) is 14.9 Å². The van der Waals surface area contributed by atoms with E-state index in [4.69, 9.17) is 0 Å². The Labute approximate surface area is 156 Å². The SMILES string of the molecule is O=C(Cn1cnc2sc3c(c2c1=O)CCC3)NC(=O)Nc1ccccc1F. The molecule has 27 heavy (non-hydrogen) atoms. The second-order valence-electron chi connectivity index (χ2n) is 6.20. The van der Waals surface area contributed by atoms with Gasteiger partial charge in [-0.25, -0.2) is 14.2 Å². The normalized spacial score (nSPS) is 12.8. The molecule has 0 aliphatic heterocycles. The van der Waals surface area contributed by atoms with Crippen molar-refractivity contribution in [3.05, 3.63) is 57.2 Å². The predicted octanol–water partition coefficient (Wildman–Crippen LogP) is 2.43. The molecule has 2 aromatic heterocycles. The molecular weight excluding hydrogens is 371 g/mol. The maximum Gasteiger partial charge on any atom is 0.326 e. The van der Waals surface area contributed by atoms with Crippen LogP contribution in [0.5, 0.6) is 0 Å². The quantitative estimate of drug-likeness (QED) is 0.723. The first-order valence-electron chi connectivity index (χ1n) is 8.38. The van der Waals surface area contributed by atoms with Crippen LogP contribution in [0.1, 0.15) is 16.9 Å². The zero-order chi connectivity index (χ0) is 19.0. The van der Waals surface area contributed by atoms with Gasteiger partial charge in [0.2, 0.25) is 5.91 Å². The van der Waals surface area contributed by atoms with E-state index in [0.717, 1.165) is 24.8 Å². The van der Waals surface area contributed by atoms with Gasteiger partial charge in [0.05, 0.1) is 17.4 Å². The highest BCUT2D eigenvalue weighted by Gasteiger charge is 2.22. The van der Waals surface area contributed by atoms with E-state index < -0.39 is 17.8 Å². The molecular formula is C18H15FN4O3S. The summed E-state index contributed by atoms with van der Waals surface area (Å²) in [5.74, 6) is -1.31. The number of anilines is 1. The molecule has 0 atom stereocenters. The van der Waals surface area contributed by atoms with E-state index in [1.165, 1.54) is 45.3 Å². The number of rotatable bonds is 3. The van der Waals surface area contributed by atoms with E-state index in [1.807, 2.05) is 0 Å². The van der Waals surface area contributed by atoms with Crippen molar-refractivity contribution in [2.75, 3.05) is 5.32 Å². The number of nitrogens with one attached hydrogen (secondary N) is 2. The fourth-order valence-electron chi connectivity index (χ4n) is 3.17. The fourth-order valence-corrected chi connectivity index (χ4v) is 4.39. The number of aromatic nitrogens is 2. The average Bonchev–Trinajstić information content (AvgIpc) is 3.20. The number of imide groups is 1. The van der Waals surface area contributed by atoms with Crippen LogP contribution in [-0.4, -0.2) is 21.5 Å². The highest BCUT2D eigenvalue weighted by molar-refractivity contribution is 7.18. The highest BCUT2D eigenvalue weighted by Crippen LogP contribution is 2.34. The molecule has 0 spiro atoms. The summed E-state index contributed by atoms with van der Waals surface area (Å²) in [6.07, 6.45) is 4.12. The third kappa shape index (κ3) is 3.33. The van der Waals surface area contributed by atoms with E-state index in [0.29, 0.717) is 10.2 Å². The van der Waals surface area contributed by atoms with Crippen molar-refractivity contribution < 1.29 is 14.0 Å². The van der Waals surface area contributed by atoms with Gasteiger partial charge in [0.25, 0.3) is 5.56 Å². The number of para-hydroxylation sites is 1. The van der Waals surface area contributed by atoms with Crippen LogP contribution in [0.4, 0.5) is 14.9 Å². The lowest BCUT2D eigenvalue weighted by molar-refractivity contribution is -0.120. The summed E-state index contributed by atoms with van der Waals surface area (Å²) >= 11 is 1.52. The number of nitrogens with zero attached hydrogens (tertiary/aromatic N) is 2. The summed E-state index contributed by atoms with van der Waals surface area (Å²) in [5.41, 5.74) is 0.695. The smallest absolute Gasteiger partial charge is 0.305 e. The Morgan fingerprint density at radius 2 is 2.07 bits per heavy atom. The zero-order valence-corrected chi connectivity index (χ0v) is 14.9. The zero-order valence-electron chi connectivity index (χ0n) is 14.1. The second-order valence-corrected chi connectivity index (χ2v) is 7.28. The Morgan fingerprint density at radius 1 is 1.26 bits per heavy atom. The summed E-state index contributed by atoms with van der Waals surface area (Å²) in [6, 6.07) is 4.74. The number of carbonyl (C=O) groups is 2. The molecule has 0 saturated heterocycles. The number of hydrogen-bond acceptors (Lipinski definition) is 5. The van der Waals surface area contributed by atoms with Crippen molar-refractivity contribution in [3.63, 3.8) is 0 Å². The molecule has 2 heterocycles. The van der Waals surface area contributed by atoms with Gasteiger partial charge in [-0.1, -0.05) is 12.1 Å². The molecule has 0 saturated carbocycles. The molecule has 0 bridgehead atoms. The molecule has 9 heteroatoms. The number of hydrogen-bond donors (Lipinski definition) is 2. The second kappa shape index (κ2) is 6.92. The molecule has 3 amide bonds. The summed E-state index contributed by atoms with van der Waals surface area (Å²) < 4.78 is 14.7. The average molecular weight is 386 g/mol. The summed E-state index contributed by atoms with van der Waals surface area (Å²) in [7, 11) is 0. The monoisotopic (exact) mass is 386 g/mol. The van der Waals surface area contributed by atoms with Crippen molar-refractivity contribution in [2.24, 2.45) is 0 Å². The van der Waals surface area contributed by atoms with Crippen LogP contribution in [-0.2, 0) is 24.2 Å². The molecule has 138 valence electrons. The summed E-state index contributed by atoms with van der Waals surface area (Å²) in [4.78, 5) is 42.8. The van der Waals surface area contributed by atoms with Crippen LogP contribution in [0, 0.1) is 5.82 Å². The molecule has 2 N–H and O–H groups in total. The molecule has 0 unspecified atom stereocenters. The first-order valence-corrected chi connectivity index (χ1v) is 9.19. The highest BCUT2D eigenvalue weighted by atomic mass is 32.1. The van der Waals surface area contributed by atoms with Crippen molar-refractivity contribution in [3.8, 4) is 0 Å². The Balaban J connectivity index is 1.48. The first-order chi connectivity index (χ1) is 13.0. The molecule has 7 nitrogen and oxygen atoms in total. The number of benzene rings is 1.